The lowest BCUT2D eigenvalue weighted by Crippen LogP contribution is -2.09. The highest BCUT2D eigenvalue weighted by molar-refractivity contribution is 6.10. The van der Waals surface area contributed by atoms with Crippen molar-refractivity contribution >= 4 is 23.6 Å². The summed E-state index contributed by atoms with van der Waals surface area (Å²) in [5.41, 5.74) is 16.0. The van der Waals surface area contributed by atoms with Crippen LogP contribution in [0.2, 0.25) is 0 Å². The molecule has 0 atom stereocenters. The van der Waals surface area contributed by atoms with Crippen LogP contribution in [0.3, 0.4) is 0 Å². The third-order valence-electron chi connectivity index (χ3n) is 6.62. The van der Waals surface area contributed by atoms with Crippen LogP contribution in [-0.4, -0.2) is 56.0 Å². The third kappa shape index (κ3) is 5.35. The lowest BCUT2D eigenvalue weighted by Gasteiger charge is -2.17. The first kappa shape index (κ1) is 25.3. The van der Waals surface area contributed by atoms with Crippen molar-refractivity contribution in [2.24, 2.45) is 12.0 Å². The maximum Gasteiger partial charge on any atom is 0.228 e. The molecule has 1 aliphatic rings. The maximum atomic E-state index is 7.87. The number of aliphatic imine (C=N–C) groups is 1. The van der Waals surface area contributed by atoms with Crippen molar-refractivity contribution in [3.05, 3.63) is 82.7 Å². The molecule has 0 spiro atoms. The predicted octanol–water partition coefficient (Wildman–Crippen LogP) is 4.64. The van der Waals surface area contributed by atoms with Gasteiger partial charge in [-0.2, -0.15) is 16.4 Å². The molecule has 0 saturated carbocycles. The Labute approximate surface area is 222 Å². The van der Waals surface area contributed by atoms with E-state index in [1.807, 2.05) is 53.9 Å². The summed E-state index contributed by atoms with van der Waals surface area (Å²) in [6, 6.07) is 10.2. The van der Waals surface area contributed by atoms with Gasteiger partial charge in [-0.1, -0.05) is 24.3 Å². The van der Waals surface area contributed by atoms with E-state index in [-0.39, 0.29) is 0 Å². The number of nitrogens with zero attached hydrogens (tertiary/aromatic N) is 7. The van der Waals surface area contributed by atoms with Gasteiger partial charge in [0.2, 0.25) is 5.95 Å². The lowest BCUT2D eigenvalue weighted by atomic mass is 9.91. The van der Waals surface area contributed by atoms with E-state index in [4.69, 9.17) is 20.6 Å². The van der Waals surface area contributed by atoms with Crippen LogP contribution in [-0.2, 0) is 37.6 Å². The predicted molar refractivity (Wildman–Crippen MR) is 150 cm³/mol. The van der Waals surface area contributed by atoms with Gasteiger partial charge in [-0.05, 0) is 42.0 Å². The molecule has 5 rings (SSSR count). The number of benzene rings is 1. The topological polar surface area (TPSA) is 119 Å². The highest BCUT2D eigenvalue weighted by Crippen LogP contribution is 2.36. The number of ether oxygens (including phenoxy) is 1. The molecule has 4 aromatic rings. The van der Waals surface area contributed by atoms with Crippen LogP contribution in [0.25, 0.3) is 22.6 Å². The molecule has 3 aromatic heterocycles. The highest BCUT2D eigenvalue weighted by Gasteiger charge is 2.26. The van der Waals surface area contributed by atoms with Crippen molar-refractivity contribution in [2.75, 3.05) is 25.6 Å². The van der Waals surface area contributed by atoms with E-state index in [0.717, 1.165) is 70.1 Å². The summed E-state index contributed by atoms with van der Waals surface area (Å²) in [7, 11) is 3.65. The summed E-state index contributed by atoms with van der Waals surface area (Å²) < 4.78 is 8.89. The van der Waals surface area contributed by atoms with Crippen LogP contribution in [0.4, 0.5) is 11.8 Å². The first-order valence-corrected chi connectivity index (χ1v) is 12.8. The van der Waals surface area contributed by atoms with E-state index in [1.165, 1.54) is 6.20 Å². The standard InChI is InChI=1S/C28H32N9O/c1-4-37-12-10-25(35-37)32-28-31-18-21-8-9-23-26(27(21)33-28)24(36(2)34-23)15-19-6-5-7-20(14-19)22(16-29)17-30-11-13-38-3/h5-7,10,12,14,16-18,29H,4,8-9,11,13,15H2,1-3H3,(H,31,32,33,35)/q-1/b22-16+,30-17?. The van der Waals surface area contributed by atoms with Crippen molar-refractivity contribution in [3.8, 4) is 11.3 Å². The van der Waals surface area contributed by atoms with Crippen molar-refractivity contribution in [3.63, 3.8) is 0 Å². The average molecular weight is 511 g/mol. The third-order valence-corrected chi connectivity index (χ3v) is 6.62. The van der Waals surface area contributed by atoms with Gasteiger partial charge in [0.1, 0.15) is 0 Å². The number of hydrogen-bond acceptors (Lipinski definition) is 7. The molecular formula is C28H32N9O-. The Morgan fingerprint density at radius 2 is 2.13 bits per heavy atom. The Bertz CT molecular complexity index is 1480. The first-order chi connectivity index (χ1) is 18.6. The van der Waals surface area contributed by atoms with Gasteiger partial charge in [0.25, 0.3) is 0 Å². The van der Waals surface area contributed by atoms with Crippen LogP contribution in [0.5, 0.6) is 0 Å². The number of fused-ring (bicyclic) bond motifs is 3. The molecule has 10 nitrogen and oxygen atoms in total. The minimum Gasteiger partial charge on any atom is -0.704 e. The Balaban J connectivity index is 1.44. The molecule has 1 aromatic carbocycles. The number of rotatable bonds is 10. The second-order valence-electron chi connectivity index (χ2n) is 9.15. The SMILES string of the molecule is CCn1ccc(Nc2ncc3c(n2)-c2c(nn(C)c2Cc2cccc(/C(C=NCCOC)=C/[NH-])c2)CC3)n1. The Morgan fingerprint density at radius 1 is 1.24 bits per heavy atom. The molecule has 38 heavy (non-hydrogen) atoms. The first-order valence-electron chi connectivity index (χ1n) is 12.8. The van der Waals surface area contributed by atoms with Crippen LogP contribution >= 0.6 is 0 Å². The average Bonchev–Trinajstić information content (AvgIpc) is 3.52. The van der Waals surface area contributed by atoms with Gasteiger partial charge >= 0.3 is 0 Å². The molecule has 196 valence electrons. The molecule has 2 N–H and O–H groups in total. The molecular weight excluding hydrogens is 478 g/mol. The Kier molecular flexibility index (Phi) is 7.60. The molecule has 3 heterocycles. The van der Waals surface area contributed by atoms with E-state index in [1.54, 1.807) is 13.3 Å². The number of anilines is 2. The van der Waals surface area contributed by atoms with Gasteiger partial charge in [0, 0.05) is 57.4 Å². The van der Waals surface area contributed by atoms with Gasteiger partial charge in [-0.15, -0.1) is 0 Å². The van der Waals surface area contributed by atoms with Crippen LogP contribution in [0.15, 0.2) is 53.9 Å². The molecule has 0 saturated heterocycles. The molecule has 0 amide bonds. The summed E-state index contributed by atoms with van der Waals surface area (Å²) in [6.45, 7) is 3.97. The summed E-state index contributed by atoms with van der Waals surface area (Å²) in [5, 5.41) is 12.6. The summed E-state index contributed by atoms with van der Waals surface area (Å²) >= 11 is 0. The fourth-order valence-corrected chi connectivity index (χ4v) is 4.67. The molecule has 10 heteroatoms. The van der Waals surface area contributed by atoms with E-state index >= 15 is 0 Å². The summed E-state index contributed by atoms with van der Waals surface area (Å²) in [5.74, 6) is 1.24. The van der Waals surface area contributed by atoms with Gasteiger partial charge in [0.05, 0.1) is 30.2 Å². The van der Waals surface area contributed by atoms with Crippen molar-refractivity contribution < 1.29 is 4.74 Å². The van der Waals surface area contributed by atoms with Crippen molar-refractivity contribution in [1.29, 1.82) is 0 Å². The summed E-state index contributed by atoms with van der Waals surface area (Å²) in [4.78, 5) is 13.8. The molecule has 0 unspecified atom stereocenters. The smallest absolute Gasteiger partial charge is 0.228 e. The second kappa shape index (κ2) is 11.4. The minimum atomic E-state index is 0.521. The summed E-state index contributed by atoms with van der Waals surface area (Å²) in [6.07, 6.45) is 9.33. The van der Waals surface area contributed by atoms with E-state index in [9.17, 15) is 0 Å². The Hall–Kier alpha value is -4.31. The molecule has 0 fully saturated rings. The molecule has 0 radical (unpaired) electrons. The number of hydrogen-bond donors (Lipinski definition) is 1. The van der Waals surface area contributed by atoms with Crippen LogP contribution < -0.4 is 5.32 Å². The molecule has 1 aliphatic carbocycles. The fraction of sp³-hybridized carbons (Fsp3) is 0.321. The van der Waals surface area contributed by atoms with Gasteiger partial charge in [0.15, 0.2) is 5.82 Å². The van der Waals surface area contributed by atoms with Gasteiger partial charge in [-0.3, -0.25) is 14.4 Å². The van der Waals surface area contributed by atoms with Gasteiger partial charge in [-0.25, -0.2) is 9.97 Å². The van der Waals surface area contributed by atoms with E-state index < -0.39 is 0 Å². The number of nitrogens with one attached hydrogen (secondary N) is 2. The quantitative estimate of drug-likeness (QED) is 0.245. The van der Waals surface area contributed by atoms with Crippen LogP contribution in [0.1, 0.15) is 35.0 Å². The fourth-order valence-electron chi connectivity index (χ4n) is 4.67. The normalized spacial score (nSPS) is 13.1. The monoisotopic (exact) mass is 510 g/mol. The van der Waals surface area contributed by atoms with Crippen molar-refractivity contribution in [2.45, 2.75) is 32.7 Å². The lowest BCUT2D eigenvalue weighted by molar-refractivity contribution is 0.208. The minimum absolute atomic E-state index is 0.521. The van der Waals surface area contributed by atoms with Crippen molar-refractivity contribution in [1.82, 2.24) is 29.5 Å². The molecule has 0 aliphatic heterocycles. The zero-order valence-electron chi connectivity index (χ0n) is 22.0. The zero-order chi connectivity index (χ0) is 26.5. The molecule has 0 bridgehead atoms. The van der Waals surface area contributed by atoms with E-state index in [2.05, 4.69) is 32.5 Å². The number of aromatic nitrogens is 6. The second-order valence-corrected chi connectivity index (χ2v) is 9.15. The number of methoxy groups -OCH3 is 1. The maximum absolute atomic E-state index is 7.87. The van der Waals surface area contributed by atoms with E-state index in [0.29, 0.717) is 25.5 Å². The number of aryl methyl sites for hydroxylation is 4. The van der Waals surface area contributed by atoms with Crippen LogP contribution in [0, 0.1) is 0 Å². The largest absolute Gasteiger partial charge is 0.704 e. The highest BCUT2D eigenvalue weighted by atomic mass is 16.5. The Morgan fingerprint density at radius 3 is 2.92 bits per heavy atom. The van der Waals surface area contributed by atoms with Gasteiger partial charge < -0.3 is 15.8 Å². The number of allylic oxidation sites excluding steroid dienone is 1. The zero-order valence-corrected chi connectivity index (χ0v) is 22.0.